The summed E-state index contributed by atoms with van der Waals surface area (Å²) in [5.74, 6) is -0.235. The molecule has 7 nitrogen and oxygen atoms in total. The molecule has 29 heavy (non-hydrogen) atoms. The van der Waals surface area contributed by atoms with Gasteiger partial charge in [-0.25, -0.2) is 0 Å². The van der Waals surface area contributed by atoms with Gasteiger partial charge in [-0.05, 0) is 29.8 Å². The van der Waals surface area contributed by atoms with Gasteiger partial charge in [0.25, 0.3) is 5.91 Å². The van der Waals surface area contributed by atoms with Gasteiger partial charge in [-0.1, -0.05) is 41.9 Å². The zero-order valence-electron chi connectivity index (χ0n) is 16.1. The summed E-state index contributed by atoms with van der Waals surface area (Å²) in [6, 6.07) is 14.1. The van der Waals surface area contributed by atoms with Crippen LogP contribution in [0.4, 0.5) is 5.69 Å². The van der Waals surface area contributed by atoms with Crippen LogP contribution in [-0.2, 0) is 19.1 Å². The number of halogens is 1. The number of hydrogen-bond donors (Lipinski definition) is 1. The number of nitrogens with zero attached hydrogens (tertiary/aromatic N) is 1. The normalized spacial score (nSPS) is 14.7. The van der Waals surface area contributed by atoms with Crippen molar-refractivity contribution in [2.75, 3.05) is 32.2 Å². The number of methoxy groups -OCH3 is 2. The van der Waals surface area contributed by atoms with Gasteiger partial charge in [0.15, 0.2) is 17.8 Å². The number of anilines is 1. The summed E-state index contributed by atoms with van der Waals surface area (Å²) in [7, 11) is 2.96. The van der Waals surface area contributed by atoms with E-state index in [9.17, 15) is 9.59 Å². The number of benzene rings is 2. The van der Waals surface area contributed by atoms with Gasteiger partial charge in [0.2, 0.25) is 5.91 Å². The van der Waals surface area contributed by atoms with Gasteiger partial charge in [0.1, 0.15) is 6.54 Å². The third-order valence-electron chi connectivity index (χ3n) is 4.32. The van der Waals surface area contributed by atoms with Crippen LogP contribution in [0.25, 0.3) is 6.08 Å². The molecule has 1 aliphatic heterocycles. The van der Waals surface area contributed by atoms with E-state index in [1.165, 1.54) is 19.1 Å². The molecule has 3 rings (SSSR count). The Morgan fingerprint density at radius 3 is 2.59 bits per heavy atom. The fourth-order valence-electron chi connectivity index (χ4n) is 2.81. The maximum atomic E-state index is 13.1. The highest BCUT2D eigenvalue weighted by Crippen LogP contribution is 2.35. The predicted octanol–water partition coefficient (Wildman–Crippen LogP) is 2.84. The molecule has 0 unspecified atom stereocenters. The van der Waals surface area contributed by atoms with Gasteiger partial charge in [-0.3, -0.25) is 14.5 Å². The predicted molar refractivity (Wildman–Crippen MR) is 110 cm³/mol. The highest BCUT2D eigenvalue weighted by Gasteiger charge is 2.31. The molecule has 2 amide bonds. The molecule has 0 bridgehead atoms. The average molecular weight is 417 g/mol. The average Bonchev–Trinajstić information content (AvgIpc) is 2.73. The molecule has 2 aromatic rings. The number of carbonyl (C=O) groups is 2. The molecule has 1 N–H and O–H groups in total. The van der Waals surface area contributed by atoms with Gasteiger partial charge in [0, 0.05) is 19.2 Å². The lowest BCUT2D eigenvalue weighted by atomic mass is 10.1. The zero-order chi connectivity index (χ0) is 20.8. The third kappa shape index (κ3) is 4.95. The minimum atomic E-state index is -0.567. The lowest BCUT2D eigenvalue weighted by Crippen LogP contribution is -2.45. The number of rotatable bonds is 7. The number of amides is 2. The minimum absolute atomic E-state index is 0.0799. The third-order valence-corrected chi connectivity index (χ3v) is 4.66. The SMILES string of the molecule is COC(CNC(=O)CN1C(=O)/C(=C\c2ccccc2Cl)Oc2ccccc21)OC. The molecule has 0 spiro atoms. The van der Waals surface area contributed by atoms with Gasteiger partial charge >= 0.3 is 0 Å². The summed E-state index contributed by atoms with van der Waals surface area (Å²) in [6.45, 7) is -0.0203. The number of fused-ring (bicyclic) bond motifs is 1. The van der Waals surface area contributed by atoms with Crippen LogP contribution in [0, 0.1) is 0 Å². The Labute approximate surface area is 173 Å². The molecule has 0 aromatic heterocycles. The molecule has 0 fully saturated rings. The standard InChI is InChI=1S/C21H21ClN2O5/c1-27-20(28-2)12-23-19(25)13-24-16-9-5-6-10-17(16)29-18(21(24)26)11-14-7-3-4-8-15(14)22/h3-11,20H,12-13H2,1-2H3,(H,23,25)/b18-11+. The van der Waals surface area contributed by atoms with Crippen molar-refractivity contribution in [3.8, 4) is 5.75 Å². The van der Waals surface area contributed by atoms with Crippen molar-refractivity contribution < 1.29 is 23.8 Å². The Morgan fingerprint density at radius 2 is 1.86 bits per heavy atom. The number of carbonyl (C=O) groups excluding carboxylic acids is 2. The molecule has 0 radical (unpaired) electrons. The number of ether oxygens (including phenoxy) is 3. The van der Waals surface area contributed by atoms with E-state index in [-0.39, 0.29) is 24.8 Å². The van der Waals surface area contributed by atoms with Crippen molar-refractivity contribution >= 4 is 35.2 Å². The summed E-state index contributed by atoms with van der Waals surface area (Å²) in [5, 5.41) is 3.18. The van der Waals surface area contributed by atoms with Crippen LogP contribution in [0.3, 0.4) is 0 Å². The van der Waals surface area contributed by atoms with E-state index in [2.05, 4.69) is 5.32 Å². The second-order valence-electron chi connectivity index (χ2n) is 6.20. The van der Waals surface area contributed by atoms with E-state index in [0.29, 0.717) is 22.0 Å². The van der Waals surface area contributed by atoms with Crippen molar-refractivity contribution in [1.82, 2.24) is 5.32 Å². The number of hydrogen-bond acceptors (Lipinski definition) is 5. The van der Waals surface area contributed by atoms with Gasteiger partial charge in [-0.15, -0.1) is 0 Å². The van der Waals surface area contributed by atoms with Gasteiger partial charge in [0.05, 0.1) is 12.2 Å². The van der Waals surface area contributed by atoms with E-state index in [1.807, 2.05) is 6.07 Å². The fraction of sp³-hybridized carbons (Fsp3) is 0.238. The molecule has 152 valence electrons. The Morgan fingerprint density at radius 1 is 1.17 bits per heavy atom. The second kappa shape index (κ2) is 9.56. The largest absolute Gasteiger partial charge is 0.449 e. The minimum Gasteiger partial charge on any atom is -0.449 e. The van der Waals surface area contributed by atoms with E-state index < -0.39 is 12.2 Å². The molecule has 2 aromatic carbocycles. The van der Waals surface area contributed by atoms with Gasteiger partial charge < -0.3 is 19.5 Å². The first-order valence-electron chi connectivity index (χ1n) is 8.90. The zero-order valence-corrected chi connectivity index (χ0v) is 16.8. The maximum Gasteiger partial charge on any atom is 0.294 e. The Hall–Kier alpha value is -2.87. The van der Waals surface area contributed by atoms with E-state index in [0.717, 1.165) is 0 Å². The topological polar surface area (TPSA) is 77.1 Å². The highest BCUT2D eigenvalue weighted by atomic mass is 35.5. The van der Waals surface area contributed by atoms with E-state index in [4.69, 9.17) is 25.8 Å². The summed E-state index contributed by atoms with van der Waals surface area (Å²) >= 11 is 6.20. The quantitative estimate of drug-likeness (QED) is 0.554. The van der Waals surface area contributed by atoms with Crippen molar-refractivity contribution in [3.63, 3.8) is 0 Å². The summed E-state index contributed by atoms with van der Waals surface area (Å²) in [5.41, 5.74) is 1.16. The van der Waals surface area contributed by atoms with Crippen LogP contribution in [0.15, 0.2) is 54.3 Å². The van der Waals surface area contributed by atoms with E-state index in [1.54, 1.807) is 48.5 Å². The number of para-hydroxylation sites is 2. The first-order valence-corrected chi connectivity index (χ1v) is 9.28. The Kier molecular flexibility index (Phi) is 6.87. The summed E-state index contributed by atoms with van der Waals surface area (Å²) in [4.78, 5) is 26.8. The van der Waals surface area contributed by atoms with Crippen molar-refractivity contribution in [3.05, 3.63) is 64.9 Å². The van der Waals surface area contributed by atoms with Crippen LogP contribution < -0.4 is 15.0 Å². The Balaban J connectivity index is 1.84. The van der Waals surface area contributed by atoms with Gasteiger partial charge in [-0.2, -0.15) is 0 Å². The Bertz CT molecular complexity index is 927. The maximum absolute atomic E-state index is 13.1. The van der Waals surface area contributed by atoms with E-state index >= 15 is 0 Å². The van der Waals surface area contributed by atoms with Crippen LogP contribution >= 0.6 is 11.6 Å². The molecule has 1 heterocycles. The molecular formula is C21H21ClN2O5. The summed E-state index contributed by atoms with van der Waals surface area (Å²) < 4.78 is 15.9. The fourth-order valence-corrected chi connectivity index (χ4v) is 3.00. The molecule has 1 aliphatic rings. The van der Waals surface area contributed by atoms with Crippen LogP contribution in [0.5, 0.6) is 5.75 Å². The first kappa shape index (κ1) is 20.9. The smallest absolute Gasteiger partial charge is 0.294 e. The summed E-state index contributed by atoms with van der Waals surface area (Å²) in [6.07, 6.45) is 1.000. The molecule has 8 heteroatoms. The lowest BCUT2D eigenvalue weighted by Gasteiger charge is -2.30. The van der Waals surface area contributed by atoms with Crippen LogP contribution in [0.1, 0.15) is 5.56 Å². The molecular weight excluding hydrogens is 396 g/mol. The van der Waals surface area contributed by atoms with Crippen LogP contribution in [-0.4, -0.2) is 45.4 Å². The van der Waals surface area contributed by atoms with Crippen LogP contribution in [0.2, 0.25) is 5.02 Å². The first-order chi connectivity index (χ1) is 14.0. The monoisotopic (exact) mass is 416 g/mol. The number of nitrogens with one attached hydrogen (secondary N) is 1. The molecule has 0 saturated heterocycles. The van der Waals surface area contributed by atoms with Crippen molar-refractivity contribution in [1.29, 1.82) is 0 Å². The van der Waals surface area contributed by atoms with Crippen molar-refractivity contribution in [2.45, 2.75) is 6.29 Å². The molecule has 0 aliphatic carbocycles. The molecule has 0 saturated carbocycles. The second-order valence-corrected chi connectivity index (χ2v) is 6.60. The highest BCUT2D eigenvalue weighted by molar-refractivity contribution is 6.32. The van der Waals surface area contributed by atoms with Crippen molar-refractivity contribution in [2.24, 2.45) is 0 Å². The molecule has 0 atom stereocenters. The lowest BCUT2D eigenvalue weighted by molar-refractivity contribution is -0.127.